The van der Waals surface area contributed by atoms with E-state index in [0.29, 0.717) is 5.41 Å². The molecule has 0 aliphatic carbocycles. The molecule has 2 N–H and O–H groups in total. The molecule has 0 bridgehead atoms. The van der Waals surface area contributed by atoms with E-state index in [2.05, 4.69) is 41.0 Å². The Morgan fingerprint density at radius 3 is 1.95 bits per heavy atom. The smallest absolute Gasteiger partial charge is 0.490 e. The van der Waals surface area contributed by atoms with E-state index in [1.807, 2.05) is 0 Å². The molecule has 1 aromatic carbocycles. The molecule has 2 aliphatic rings. The minimum Gasteiger partial charge on any atom is -0.497 e. The van der Waals surface area contributed by atoms with Crippen LogP contribution in [0, 0.1) is 5.41 Å². The number of halogens is 6. The van der Waals surface area contributed by atoms with E-state index in [9.17, 15) is 26.3 Å². The van der Waals surface area contributed by atoms with Crippen molar-refractivity contribution in [1.29, 1.82) is 0 Å². The van der Waals surface area contributed by atoms with Gasteiger partial charge in [0, 0.05) is 31.6 Å². The van der Waals surface area contributed by atoms with E-state index in [1.165, 1.54) is 31.5 Å². The van der Waals surface area contributed by atoms with Crippen LogP contribution in [0.4, 0.5) is 26.3 Å². The zero-order valence-corrected chi connectivity index (χ0v) is 20.6. The van der Waals surface area contributed by atoms with Crippen molar-refractivity contribution in [1.82, 2.24) is 9.80 Å². The first kappa shape index (κ1) is 32.4. The summed E-state index contributed by atoms with van der Waals surface area (Å²) in [6, 6.07) is 8.48. The van der Waals surface area contributed by atoms with E-state index in [4.69, 9.17) is 29.3 Å². The van der Waals surface area contributed by atoms with Crippen LogP contribution in [0.25, 0.3) is 0 Å². The Bertz CT molecular complexity index is 826. The van der Waals surface area contributed by atoms with Gasteiger partial charge in [0.05, 0.1) is 20.3 Å². The second kappa shape index (κ2) is 14.4. The lowest BCUT2D eigenvalue weighted by molar-refractivity contribution is -0.193. The van der Waals surface area contributed by atoms with Crippen LogP contribution in [0.3, 0.4) is 0 Å². The highest BCUT2D eigenvalue weighted by atomic mass is 19.4. The summed E-state index contributed by atoms with van der Waals surface area (Å²) in [6.07, 6.45) is -7.60. The minimum atomic E-state index is -5.08. The molecule has 0 saturated carbocycles. The van der Waals surface area contributed by atoms with Crippen LogP contribution in [0.2, 0.25) is 0 Å². The van der Waals surface area contributed by atoms with E-state index in [-0.39, 0.29) is 0 Å². The van der Waals surface area contributed by atoms with Gasteiger partial charge in [0.1, 0.15) is 5.75 Å². The number of benzene rings is 1. The fourth-order valence-corrected chi connectivity index (χ4v) is 4.03. The number of alkyl halides is 6. The van der Waals surface area contributed by atoms with Gasteiger partial charge in [-0.25, -0.2) is 9.59 Å². The van der Waals surface area contributed by atoms with Crippen LogP contribution in [-0.4, -0.2) is 97.4 Å². The van der Waals surface area contributed by atoms with Crippen molar-refractivity contribution in [2.75, 3.05) is 53.0 Å². The molecule has 0 amide bonds. The molecule has 0 radical (unpaired) electrons. The summed E-state index contributed by atoms with van der Waals surface area (Å²) in [6.45, 7) is 10.8. The third-order valence-electron chi connectivity index (χ3n) is 5.76. The number of carbonyl (C=O) groups is 2. The molecule has 1 aromatic rings. The van der Waals surface area contributed by atoms with E-state index >= 15 is 0 Å². The summed E-state index contributed by atoms with van der Waals surface area (Å²) in [5.41, 5.74) is 1.68. The fourth-order valence-electron chi connectivity index (χ4n) is 4.03. The van der Waals surface area contributed by atoms with Gasteiger partial charge in [-0.1, -0.05) is 19.1 Å². The molecular formula is C23H32F6N2O6. The molecule has 0 aromatic heterocycles. The summed E-state index contributed by atoms with van der Waals surface area (Å²) >= 11 is 0. The molecule has 1 spiro atoms. The second-order valence-corrected chi connectivity index (χ2v) is 8.69. The van der Waals surface area contributed by atoms with E-state index in [1.54, 1.807) is 7.11 Å². The van der Waals surface area contributed by atoms with Gasteiger partial charge in [-0.2, -0.15) is 26.3 Å². The van der Waals surface area contributed by atoms with Gasteiger partial charge in [0.15, 0.2) is 0 Å². The number of carboxylic acids is 2. The van der Waals surface area contributed by atoms with Gasteiger partial charge in [-0.05, 0) is 43.6 Å². The van der Waals surface area contributed by atoms with Crippen LogP contribution >= 0.6 is 0 Å². The molecule has 2 saturated heterocycles. The van der Waals surface area contributed by atoms with Crippen LogP contribution in [-0.2, 0) is 20.9 Å². The number of piperidine rings is 1. The molecule has 3 rings (SSSR count). The first-order valence-electron chi connectivity index (χ1n) is 11.4. The average Bonchev–Trinajstić information content (AvgIpc) is 3.01. The first-order chi connectivity index (χ1) is 17.1. The normalized spacial score (nSPS) is 21.1. The molecule has 14 heteroatoms. The predicted molar refractivity (Wildman–Crippen MR) is 120 cm³/mol. The monoisotopic (exact) mass is 546 g/mol. The molecule has 2 aliphatic heterocycles. The lowest BCUT2D eigenvalue weighted by Crippen LogP contribution is -2.50. The number of hydrogen-bond donors (Lipinski definition) is 2. The zero-order chi connectivity index (χ0) is 28.3. The SMILES string of the molecule is CCN1CCOCC2(CCCN(Cc3ccc(OC)cc3)C2)C1.O=C(O)C(F)(F)F.O=C(O)C(F)(F)F. The number of likely N-dealkylation sites (tertiary alicyclic amines) is 1. The standard InChI is InChI=1S/C19H30N2O2.2C2HF3O2/c1-3-20-11-12-23-16-19(14-20)9-4-10-21(15-19)13-17-5-7-18(22-2)8-6-17;2*3-2(4,5)1(6)7/h5-8H,3-4,9-16H2,1-2H3;2*(H,6,7). The first-order valence-corrected chi connectivity index (χ1v) is 11.4. The molecule has 212 valence electrons. The fraction of sp³-hybridized carbons (Fsp3) is 0.652. The van der Waals surface area contributed by atoms with Gasteiger partial charge in [-0.3, -0.25) is 4.90 Å². The largest absolute Gasteiger partial charge is 0.497 e. The summed E-state index contributed by atoms with van der Waals surface area (Å²) in [4.78, 5) is 23.0. The number of aliphatic carboxylic acids is 2. The van der Waals surface area contributed by atoms with Crippen LogP contribution in [0.15, 0.2) is 24.3 Å². The van der Waals surface area contributed by atoms with Gasteiger partial charge in [0.25, 0.3) is 0 Å². The topological polar surface area (TPSA) is 99.5 Å². The quantitative estimate of drug-likeness (QED) is 0.549. The number of methoxy groups -OCH3 is 1. The van der Waals surface area contributed by atoms with Crippen molar-refractivity contribution in [2.45, 2.75) is 38.7 Å². The van der Waals surface area contributed by atoms with Crippen molar-refractivity contribution in [2.24, 2.45) is 5.41 Å². The van der Waals surface area contributed by atoms with Crippen molar-refractivity contribution in [3.05, 3.63) is 29.8 Å². The summed E-state index contributed by atoms with van der Waals surface area (Å²) < 4.78 is 74.7. The third-order valence-corrected chi connectivity index (χ3v) is 5.76. The molecule has 8 nitrogen and oxygen atoms in total. The molecule has 1 unspecified atom stereocenters. The van der Waals surface area contributed by atoms with Crippen molar-refractivity contribution >= 4 is 11.9 Å². The lowest BCUT2D eigenvalue weighted by atomic mass is 9.80. The lowest BCUT2D eigenvalue weighted by Gasteiger charge is -2.43. The Balaban J connectivity index is 0.000000404. The molecule has 1 atom stereocenters. The molecule has 2 fully saturated rings. The van der Waals surface area contributed by atoms with Crippen LogP contribution in [0.1, 0.15) is 25.3 Å². The van der Waals surface area contributed by atoms with Crippen molar-refractivity contribution in [3.8, 4) is 5.75 Å². The summed E-state index contributed by atoms with van der Waals surface area (Å²) in [5.74, 6) is -4.58. The third kappa shape index (κ3) is 12.0. The van der Waals surface area contributed by atoms with Gasteiger partial charge < -0.3 is 24.6 Å². The maximum absolute atomic E-state index is 10.6. The van der Waals surface area contributed by atoms with Gasteiger partial charge >= 0.3 is 24.3 Å². The highest BCUT2D eigenvalue weighted by molar-refractivity contribution is 5.73. The number of rotatable bonds is 4. The minimum absolute atomic E-state index is 0.317. The van der Waals surface area contributed by atoms with Crippen LogP contribution < -0.4 is 4.74 Å². The second-order valence-electron chi connectivity index (χ2n) is 8.69. The summed E-state index contributed by atoms with van der Waals surface area (Å²) in [5, 5.41) is 14.2. The number of likely N-dealkylation sites (N-methyl/N-ethyl adjacent to an activating group) is 1. The van der Waals surface area contributed by atoms with Crippen molar-refractivity contribution < 1.29 is 55.6 Å². The Labute approximate surface area is 210 Å². The number of carboxylic acid groups (broad SMARTS) is 2. The number of ether oxygens (including phenoxy) is 2. The van der Waals surface area contributed by atoms with Crippen molar-refractivity contribution in [3.63, 3.8) is 0 Å². The number of nitrogens with zero attached hydrogens (tertiary/aromatic N) is 2. The number of hydrogen-bond acceptors (Lipinski definition) is 6. The van der Waals surface area contributed by atoms with E-state index in [0.717, 1.165) is 45.1 Å². The maximum atomic E-state index is 10.6. The van der Waals surface area contributed by atoms with Gasteiger partial charge in [0.2, 0.25) is 0 Å². The zero-order valence-electron chi connectivity index (χ0n) is 20.6. The Hall–Kier alpha value is -2.58. The molecular weight excluding hydrogens is 514 g/mol. The maximum Gasteiger partial charge on any atom is 0.490 e. The molecule has 2 heterocycles. The summed E-state index contributed by atoms with van der Waals surface area (Å²) in [7, 11) is 1.72. The Kier molecular flexibility index (Phi) is 12.6. The predicted octanol–water partition coefficient (Wildman–Crippen LogP) is 3.90. The Morgan fingerprint density at radius 1 is 0.973 bits per heavy atom. The molecule has 37 heavy (non-hydrogen) atoms. The average molecular weight is 547 g/mol. The highest BCUT2D eigenvalue weighted by Gasteiger charge is 2.39. The van der Waals surface area contributed by atoms with Crippen LogP contribution in [0.5, 0.6) is 5.75 Å². The van der Waals surface area contributed by atoms with Gasteiger partial charge in [-0.15, -0.1) is 0 Å². The Morgan fingerprint density at radius 2 is 1.49 bits per heavy atom. The highest BCUT2D eigenvalue weighted by Crippen LogP contribution is 2.33. The van der Waals surface area contributed by atoms with E-state index < -0.39 is 24.3 Å².